The summed E-state index contributed by atoms with van der Waals surface area (Å²) >= 11 is 0. The zero-order chi connectivity index (χ0) is 32.6. The summed E-state index contributed by atoms with van der Waals surface area (Å²) in [7, 11) is 3.59. The number of rotatable bonds is 9. The minimum atomic E-state index is -4.72. The molecule has 46 heavy (non-hydrogen) atoms. The second-order valence-corrected chi connectivity index (χ2v) is 12.1. The standard InChI is InChI=1S/C32H35F4N7O3/c1-20(44)46-43-11-9-42(10-12-43)24-5-6-25(37-17-24)29-39-28-27(41(2)18-31(19-45-3)7-4-8-31)16-26(38-30(28)40-29)21-13-22(32(34,35)36)15-23(33)14-21/h5-6,13-17H,4,7-12,18-19H2,1-3H3,(H,38,39,40). The van der Waals surface area contributed by atoms with Crippen molar-refractivity contribution in [3.8, 4) is 22.8 Å². The molecule has 0 unspecified atom stereocenters. The number of aromatic amines is 1. The van der Waals surface area contributed by atoms with Gasteiger partial charge in [-0.1, -0.05) is 6.42 Å². The van der Waals surface area contributed by atoms with Crippen LogP contribution >= 0.6 is 0 Å². The van der Waals surface area contributed by atoms with E-state index in [0.717, 1.165) is 37.1 Å². The molecule has 0 bridgehead atoms. The van der Waals surface area contributed by atoms with Crippen molar-refractivity contribution in [2.45, 2.75) is 32.4 Å². The van der Waals surface area contributed by atoms with E-state index < -0.39 is 17.6 Å². The van der Waals surface area contributed by atoms with Gasteiger partial charge in [0, 0.05) is 51.7 Å². The third-order valence-corrected chi connectivity index (χ3v) is 8.66. The van der Waals surface area contributed by atoms with Crippen molar-refractivity contribution < 1.29 is 31.9 Å². The molecule has 1 saturated heterocycles. The van der Waals surface area contributed by atoms with E-state index >= 15 is 0 Å². The highest BCUT2D eigenvalue weighted by molar-refractivity contribution is 5.91. The normalized spacial score (nSPS) is 16.8. The van der Waals surface area contributed by atoms with E-state index in [-0.39, 0.29) is 28.3 Å². The average Bonchev–Trinajstić information content (AvgIpc) is 3.43. The fourth-order valence-corrected chi connectivity index (χ4v) is 6.29. The van der Waals surface area contributed by atoms with Gasteiger partial charge in [-0.3, -0.25) is 9.78 Å². The zero-order valence-corrected chi connectivity index (χ0v) is 25.8. The molecule has 0 amide bonds. The summed E-state index contributed by atoms with van der Waals surface area (Å²) < 4.78 is 60.7. The third-order valence-electron chi connectivity index (χ3n) is 8.66. The number of imidazole rings is 1. The molecule has 14 heteroatoms. The number of hydrogen-bond donors (Lipinski definition) is 1. The first-order chi connectivity index (χ1) is 21.9. The van der Waals surface area contributed by atoms with Gasteiger partial charge < -0.3 is 24.4 Å². The molecule has 0 spiro atoms. The fraction of sp³-hybridized carbons (Fsp3) is 0.438. The Balaban J connectivity index is 1.34. The number of ether oxygens (including phenoxy) is 1. The van der Waals surface area contributed by atoms with E-state index in [4.69, 9.17) is 9.57 Å². The van der Waals surface area contributed by atoms with Gasteiger partial charge >= 0.3 is 12.1 Å². The highest BCUT2D eigenvalue weighted by Gasteiger charge is 2.38. The van der Waals surface area contributed by atoms with Crippen LogP contribution in [0.15, 0.2) is 42.6 Å². The van der Waals surface area contributed by atoms with Gasteiger partial charge in [-0.25, -0.2) is 14.4 Å². The van der Waals surface area contributed by atoms with E-state index in [1.54, 1.807) is 24.4 Å². The molecule has 1 aliphatic carbocycles. The number of H-pyrrole nitrogens is 1. The lowest BCUT2D eigenvalue weighted by Crippen LogP contribution is -2.46. The minimum absolute atomic E-state index is 0.0000446. The van der Waals surface area contributed by atoms with Gasteiger partial charge in [0.15, 0.2) is 11.5 Å². The molecule has 1 aromatic carbocycles. The van der Waals surface area contributed by atoms with Crippen LogP contribution in [0.25, 0.3) is 33.9 Å². The van der Waals surface area contributed by atoms with E-state index in [9.17, 15) is 22.4 Å². The number of methoxy groups -OCH3 is 1. The quantitative estimate of drug-likeness (QED) is 0.231. The number of benzene rings is 1. The number of hydrogen-bond acceptors (Lipinski definition) is 9. The Hall–Kier alpha value is -4.30. The molecule has 1 N–H and O–H groups in total. The maximum Gasteiger partial charge on any atom is 0.416 e. The maximum absolute atomic E-state index is 14.4. The molecule has 0 radical (unpaired) electrons. The van der Waals surface area contributed by atoms with Crippen LogP contribution in [-0.2, 0) is 20.5 Å². The molecule has 4 heterocycles. The number of piperazine rings is 1. The third kappa shape index (κ3) is 6.63. The fourth-order valence-electron chi connectivity index (χ4n) is 6.29. The monoisotopic (exact) mass is 641 g/mol. The van der Waals surface area contributed by atoms with Crippen molar-refractivity contribution in [2.24, 2.45) is 5.41 Å². The Morgan fingerprint density at radius 1 is 1.07 bits per heavy atom. The lowest BCUT2D eigenvalue weighted by Gasteiger charge is -2.44. The second kappa shape index (κ2) is 12.5. The Kier molecular flexibility index (Phi) is 8.59. The molecule has 10 nitrogen and oxygen atoms in total. The Labute approximate surface area is 263 Å². The van der Waals surface area contributed by atoms with Crippen molar-refractivity contribution in [1.29, 1.82) is 0 Å². The van der Waals surface area contributed by atoms with Crippen molar-refractivity contribution in [2.75, 3.05) is 63.3 Å². The number of nitrogens with zero attached hydrogens (tertiary/aromatic N) is 6. The minimum Gasteiger partial charge on any atom is -0.384 e. The van der Waals surface area contributed by atoms with Crippen LogP contribution in [0.5, 0.6) is 0 Å². The molecule has 3 aromatic heterocycles. The number of fused-ring (bicyclic) bond motifs is 1. The lowest BCUT2D eigenvalue weighted by molar-refractivity contribution is -0.188. The average molecular weight is 642 g/mol. The predicted molar refractivity (Wildman–Crippen MR) is 164 cm³/mol. The van der Waals surface area contributed by atoms with Gasteiger partial charge in [0.25, 0.3) is 0 Å². The Bertz CT molecular complexity index is 1720. The number of halogens is 4. The number of hydroxylamine groups is 2. The van der Waals surface area contributed by atoms with E-state index in [1.165, 1.54) is 6.92 Å². The smallest absolute Gasteiger partial charge is 0.384 e. The van der Waals surface area contributed by atoms with Crippen LogP contribution < -0.4 is 9.80 Å². The van der Waals surface area contributed by atoms with Gasteiger partial charge in [0.2, 0.25) is 0 Å². The summed E-state index contributed by atoms with van der Waals surface area (Å²) in [6.45, 7) is 5.04. The summed E-state index contributed by atoms with van der Waals surface area (Å²) in [5.74, 6) is -0.915. The van der Waals surface area contributed by atoms with Crippen LogP contribution in [0, 0.1) is 11.2 Å². The van der Waals surface area contributed by atoms with Gasteiger partial charge in [-0.05, 0) is 49.2 Å². The molecular weight excluding hydrogens is 606 g/mol. The van der Waals surface area contributed by atoms with Crippen LogP contribution in [0.4, 0.5) is 28.9 Å². The summed E-state index contributed by atoms with van der Waals surface area (Å²) in [6.07, 6.45) is 0.106. The molecule has 6 rings (SSSR count). The first-order valence-corrected chi connectivity index (χ1v) is 15.1. The molecule has 1 saturated carbocycles. The van der Waals surface area contributed by atoms with Crippen molar-refractivity contribution in [1.82, 2.24) is 25.0 Å². The number of pyridine rings is 2. The van der Waals surface area contributed by atoms with E-state index in [2.05, 4.69) is 24.8 Å². The first kappa shape index (κ1) is 31.7. The second-order valence-electron chi connectivity index (χ2n) is 12.1. The van der Waals surface area contributed by atoms with Crippen LogP contribution in [0.2, 0.25) is 0 Å². The molecule has 4 aromatic rings. The molecule has 0 atom stereocenters. The summed E-state index contributed by atoms with van der Waals surface area (Å²) in [6, 6.07) is 7.86. The molecule has 2 fully saturated rings. The number of aromatic nitrogens is 4. The van der Waals surface area contributed by atoms with Crippen LogP contribution in [-0.4, -0.2) is 84.5 Å². The summed E-state index contributed by atoms with van der Waals surface area (Å²) in [4.78, 5) is 37.8. The van der Waals surface area contributed by atoms with Crippen molar-refractivity contribution >= 4 is 28.5 Å². The number of alkyl halides is 3. The number of anilines is 2. The van der Waals surface area contributed by atoms with Crippen LogP contribution in [0.1, 0.15) is 31.7 Å². The Morgan fingerprint density at radius 2 is 1.83 bits per heavy atom. The summed E-state index contributed by atoms with van der Waals surface area (Å²) in [5.41, 5.74) is 2.01. The van der Waals surface area contributed by atoms with E-state index in [1.807, 2.05) is 24.1 Å². The summed E-state index contributed by atoms with van der Waals surface area (Å²) in [5, 5.41) is 1.64. The SMILES string of the molecule is COCC1(CN(C)c2cc(-c3cc(F)cc(C(F)(F)F)c3)nc3nc(-c4ccc(N5CCN(OC(C)=O)CC5)cn4)[nH]c23)CCC1. The number of carbonyl (C=O) groups excluding carboxylic acids is 1. The lowest BCUT2D eigenvalue weighted by atomic mass is 9.69. The van der Waals surface area contributed by atoms with Crippen molar-refractivity contribution in [3.05, 3.63) is 54.0 Å². The molecule has 244 valence electrons. The molecule has 2 aliphatic rings. The largest absolute Gasteiger partial charge is 0.416 e. The highest BCUT2D eigenvalue weighted by atomic mass is 19.4. The van der Waals surface area contributed by atoms with Gasteiger partial charge in [-0.15, -0.1) is 5.06 Å². The molecular formula is C32H35F4N7O3. The number of nitrogens with one attached hydrogen (secondary N) is 1. The predicted octanol–water partition coefficient (Wildman–Crippen LogP) is 5.70. The van der Waals surface area contributed by atoms with Crippen molar-refractivity contribution in [3.63, 3.8) is 0 Å². The van der Waals surface area contributed by atoms with Crippen LogP contribution in [0.3, 0.4) is 0 Å². The van der Waals surface area contributed by atoms with E-state index in [0.29, 0.717) is 68.1 Å². The van der Waals surface area contributed by atoms with Gasteiger partial charge in [0.05, 0.1) is 48.5 Å². The zero-order valence-electron chi connectivity index (χ0n) is 25.8. The maximum atomic E-state index is 14.4. The first-order valence-electron chi connectivity index (χ1n) is 15.1. The van der Waals surface area contributed by atoms with Gasteiger partial charge in [0.1, 0.15) is 17.0 Å². The highest BCUT2D eigenvalue weighted by Crippen LogP contribution is 2.43. The number of carbonyl (C=O) groups is 1. The van der Waals surface area contributed by atoms with Gasteiger partial charge in [-0.2, -0.15) is 13.2 Å². The topological polar surface area (TPSA) is 99.7 Å². The molecule has 1 aliphatic heterocycles. The Morgan fingerprint density at radius 3 is 2.43 bits per heavy atom.